The van der Waals surface area contributed by atoms with Gasteiger partial charge in [0.25, 0.3) is 0 Å². The zero-order valence-electron chi connectivity index (χ0n) is 18.2. The van der Waals surface area contributed by atoms with Crippen molar-refractivity contribution in [2.45, 2.75) is 26.7 Å². The Balaban J connectivity index is 0.00000216. The molecule has 32 heavy (non-hydrogen) atoms. The van der Waals surface area contributed by atoms with Crippen LogP contribution in [0.3, 0.4) is 0 Å². The van der Waals surface area contributed by atoms with Gasteiger partial charge < -0.3 is 0 Å². The van der Waals surface area contributed by atoms with E-state index in [1.807, 2.05) is 0 Å². The summed E-state index contributed by atoms with van der Waals surface area (Å²) < 4.78 is 0. The first-order valence-corrected chi connectivity index (χ1v) is 13.0. The Hall–Kier alpha value is -1.44. The minimum absolute atomic E-state index is 0. The van der Waals surface area contributed by atoms with Crippen LogP contribution in [0.1, 0.15) is 33.4 Å². The second kappa shape index (κ2) is 8.41. The first-order chi connectivity index (χ1) is 15.0. The van der Waals surface area contributed by atoms with Gasteiger partial charge in [-0.3, -0.25) is 0 Å². The van der Waals surface area contributed by atoms with E-state index in [4.69, 9.17) is 23.2 Å². The summed E-state index contributed by atoms with van der Waals surface area (Å²) in [4.78, 5) is 0. The zero-order chi connectivity index (χ0) is 21.3. The van der Waals surface area contributed by atoms with Gasteiger partial charge in [-0.1, -0.05) is 95.0 Å². The summed E-state index contributed by atoms with van der Waals surface area (Å²) in [5, 5.41) is 4.62. The Kier molecular flexibility index (Phi) is 5.87. The molecule has 4 aromatic carbocycles. The molecular weight excluding hydrogens is 527 g/mol. The molecule has 0 saturated carbocycles. The Bertz CT molecular complexity index is 1300. The van der Waals surface area contributed by atoms with Crippen molar-refractivity contribution in [1.29, 1.82) is 0 Å². The van der Waals surface area contributed by atoms with Gasteiger partial charge in [0, 0.05) is 49.1 Å². The van der Waals surface area contributed by atoms with Gasteiger partial charge in [-0.2, -0.15) is 0 Å². The molecule has 0 heterocycles. The van der Waals surface area contributed by atoms with Crippen LogP contribution >= 0.6 is 23.2 Å². The van der Waals surface area contributed by atoms with Gasteiger partial charge in [-0.25, -0.2) is 0 Å². The van der Waals surface area contributed by atoms with E-state index in [0.29, 0.717) is 0 Å². The molecule has 0 N–H and O–H groups in total. The van der Waals surface area contributed by atoms with Gasteiger partial charge in [-0.05, 0) is 68.7 Å². The summed E-state index contributed by atoms with van der Waals surface area (Å²) in [6.07, 6.45) is 1.86. The molecule has 2 aliphatic carbocycles. The zero-order valence-corrected chi connectivity index (χ0v) is 23.5. The minimum atomic E-state index is -0.822. The van der Waals surface area contributed by atoms with Crippen LogP contribution in [0.2, 0.25) is 10.0 Å². The molecule has 0 unspecified atom stereocenters. The monoisotopic (exact) mass is 546 g/mol. The van der Waals surface area contributed by atoms with Crippen molar-refractivity contribution in [1.82, 2.24) is 0 Å². The van der Waals surface area contributed by atoms with Crippen LogP contribution in [0.25, 0.3) is 22.3 Å². The van der Waals surface area contributed by atoms with E-state index >= 15 is 0 Å². The predicted octanol–water partition coefficient (Wildman–Crippen LogP) is 5.87. The number of benzene rings is 4. The van der Waals surface area contributed by atoms with Crippen molar-refractivity contribution in [2.75, 3.05) is 0 Å². The van der Waals surface area contributed by atoms with Gasteiger partial charge in [0.15, 0.2) is 0 Å². The maximum atomic E-state index is 7.09. The third-order valence-corrected chi connectivity index (χ3v) is 11.0. The summed E-state index contributed by atoms with van der Waals surface area (Å²) in [5.41, 5.74) is 13.2. The Morgan fingerprint density at radius 3 is 1.47 bits per heavy atom. The molecule has 0 saturated heterocycles. The number of rotatable bonds is 2. The van der Waals surface area contributed by atoms with Crippen molar-refractivity contribution in [3.63, 3.8) is 0 Å². The summed E-state index contributed by atoms with van der Waals surface area (Å²) in [5.74, 6) is 0. The number of aryl methyl sites for hydroxylation is 2. The van der Waals surface area contributed by atoms with Crippen LogP contribution in [-0.2, 0) is 39.0 Å². The van der Waals surface area contributed by atoms with E-state index in [1.54, 1.807) is 0 Å². The number of hydrogen-bond acceptors (Lipinski definition) is 0. The maximum absolute atomic E-state index is 7.09. The first-order valence-electron chi connectivity index (χ1n) is 10.8. The summed E-state index contributed by atoms with van der Waals surface area (Å²) in [6, 6.07) is 22.0. The Morgan fingerprint density at radius 1 is 0.625 bits per heavy atom. The summed E-state index contributed by atoms with van der Waals surface area (Å²) in [7, 11) is -0.822. The minimum Gasteiger partial charge on any atom is -0.0841 e. The molecular formula is C28H22Cl2SiZr. The molecule has 156 valence electrons. The second-order valence-corrected chi connectivity index (χ2v) is 11.4. The van der Waals surface area contributed by atoms with Crippen molar-refractivity contribution >= 4 is 43.1 Å². The van der Waals surface area contributed by atoms with E-state index in [1.165, 1.54) is 66.0 Å². The van der Waals surface area contributed by atoms with E-state index in [2.05, 4.69) is 74.5 Å². The van der Waals surface area contributed by atoms with E-state index in [0.717, 1.165) is 22.9 Å². The van der Waals surface area contributed by atoms with Crippen molar-refractivity contribution in [3.8, 4) is 22.3 Å². The van der Waals surface area contributed by atoms with Gasteiger partial charge in [0.05, 0.1) is 9.52 Å². The van der Waals surface area contributed by atoms with Crippen LogP contribution in [0.5, 0.6) is 0 Å². The van der Waals surface area contributed by atoms with Gasteiger partial charge in [0.2, 0.25) is 0 Å². The SMILES string of the molecule is Cc1cc2c(c(Cl)c1[SiH2]c1c(C)cc3c(c1Cl)Cc1ccccc1-3)Cc1ccccc1-2.[Zr]. The molecule has 4 heteroatoms. The standard InChI is InChI=1S/C28H22Cl2Si.Zr/c1-15-11-21-19-9-5-3-7-17(19)13-23(21)25(29)27(15)31-28-16(2)12-22-20-10-6-4-8-18(20)14-24(22)26(28)30;/h3-12H,13-14,31H2,1-2H3;. The molecule has 0 radical (unpaired) electrons. The second-order valence-electron chi connectivity index (χ2n) is 8.87. The van der Waals surface area contributed by atoms with Gasteiger partial charge in [0.1, 0.15) is 0 Å². The third-order valence-electron chi connectivity index (χ3n) is 7.09. The largest absolute Gasteiger partial charge is 0.0921 e. The van der Waals surface area contributed by atoms with Gasteiger partial charge >= 0.3 is 0 Å². The Morgan fingerprint density at radius 2 is 1.03 bits per heavy atom. The van der Waals surface area contributed by atoms with Crippen LogP contribution in [-0.4, -0.2) is 9.52 Å². The van der Waals surface area contributed by atoms with Crippen molar-refractivity contribution in [2.24, 2.45) is 0 Å². The molecule has 0 spiro atoms. The van der Waals surface area contributed by atoms with Crippen LogP contribution < -0.4 is 10.4 Å². The van der Waals surface area contributed by atoms with Gasteiger partial charge in [-0.15, -0.1) is 0 Å². The van der Waals surface area contributed by atoms with E-state index in [-0.39, 0.29) is 26.2 Å². The maximum Gasteiger partial charge on any atom is 0.0921 e. The van der Waals surface area contributed by atoms with Crippen molar-refractivity contribution < 1.29 is 26.2 Å². The normalized spacial score (nSPS) is 12.6. The third kappa shape index (κ3) is 3.34. The smallest absolute Gasteiger partial charge is 0.0841 e. The summed E-state index contributed by atoms with van der Waals surface area (Å²) in [6.45, 7) is 4.42. The number of halogens is 2. The molecule has 0 aliphatic heterocycles. The number of hydrogen-bond donors (Lipinski definition) is 0. The fraction of sp³-hybridized carbons (Fsp3) is 0.143. The molecule has 4 aromatic rings. The topological polar surface area (TPSA) is 0 Å². The van der Waals surface area contributed by atoms with Crippen LogP contribution in [0.15, 0.2) is 60.7 Å². The fourth-order valence-electron chi connectivity index (χ4n) is 5.42. The van der Waals surface area contributed by atoms with Crippen molar-refractivity contribution in [3.05, 3.63) is 104 Å². The molecule has 0 aromatic heterocycles. The summed E-state index contributed by atoms with van der Waals surface area (Å²) >= 11 is 14.2. The first kappa shape index (κ1) is 22.4. The molecule has 0 amide bonds. The van der Waals surface area contributed by atoms with Crippen LogP contribution in [0, 0.1) is 13.8 Å². The fourth-order valence-corrected chi connectivity index (χ4v) is 8.31. The average Bonchev–Trinajstić information content (AvgIpc) is 3.32. The molecule has 0 bridgehead atoms. The molecule has 6 rings (SSSR count). The van der Waals surface area contributed by atoms with E-state index in [9.17, 15) is 0 Å². The molecule has 0 atom stereocenters. The molecule has 0 nitrogen and oxygen atoms in total. The van der Waals surface area contributed by atoms with E-state index < -0.39 is 9.52 Å². The Labute approximate surface area is 220 Å². The molecule has 0 fully saturated rings. The van der Waals surface area contributed by atoms with Crippen LogP contribution in [0.4, 0.5) is 0 Å². The number of fused-ring (bicyclic) bond motifs is 6. The average molecular weight is 549 g/mol. The quantitative estimate of drug-likeness (QED) is 0.238. The predicted molar refractivity (Wildman–Crippen MR) is 137 cm³/mol. The molecule has 2 aliphatic rings.